The summed E-state index contributed by atoms with van der Waals surface area (Å²) in [5.74, 6) is -0.381. The maximum absolute atomic E-state index is 13.1. The number of likely N-dealkylation sites (tertiary alicyclic amines) is 1. The number of thiophene rings is 1. The number of hydrogen-bond donors (Lipinski definition) is 1. The van der Waals surface area contributed by atoms with Crippen LogP contribution in [0.3, 0.4) is 0 Å². The zero-order valence-electron chi connectivity index (χ0n) is 18.2. The molecular formula is C23H29N3O4S2. The van der Waals surface area contributed by atoms with Gasteiger partial charge in [0.25, 0.3) is 15.9 Å². The van der Waals surface area contributed by atoms with Crippen molar-refractivity contribution < 1.29 is 18.0 Å². The van der Waals surface area contributed by atoms with E-state index in [1.165, 1.54) is 10.4 Å². The summed E-state index contributed by atoms with van der Waals surface area (Å²) < 4.78 is 27.9. The highest BCUT2D eigenvalue weighted by atomic mass is 32.2. The lowest BCUT2D eigenvalue weighted by Gasteiger charge is -2.30. The van der Waals surface area contributed by atoms with E-state index in [0.29, 0.717) is 31.5 Å². The Morgan fingerprint density at radius 1 is 1.03 bits per heavy atom. The van der Waals surface area contributed by atoms with Crippen LogP contribution in [-0.4, -0.2) is 55.6 Å². The number of benzene rings is 1. The van der Waals surface area contributed by atoms with Crippen molar-refractivity contribution in [2.24, 2.45) is 5.92 Å². The van der Waals surface area contributed by atoms with Gasteiger partial charge in [-0.2, -0.15) is 4.31 Å². The lowest BCUT2D eigenvalue weighted by atomic mass is 9.97. The molecule has 0 saturated carbocycles. The van der Waals surface area contributed by atoms with Gasteiger partial charge in [0.1, 0.15) is 4.21 Å². The minimum absolute atomic E-state index is 0.0711. The predicted octanol–water partition coefficient (Wildman–Crippen LogP) is 3.72. The second kappa shape index (κ2) is 9.72. The molecule has 9 heteroatoms. The molecule has 1 N–H and O–H groups in total. The topological polar surface area (TPSA) is 86.8 Å². The molecule has 2 saturated heterocycles. The van der Waals surface area contributed by atoms with Gasteiger partial charge in [0.2, 0.25) is 5.91 Å². The molecule has 3 heterocycles. The lowest BCUT2D eigenvalue weighted by molar-refractivity contribution is -0.120. The average molecular weight is 476 g/mol. The van der Waals surface area contributed by atoms with Crippen LogP contribution < -0.4 is 5.32 Å². The molecule has 32 heavy (non-hydrogen) atoms. The van der Waals surface area contributed by atoms with Gasteiger partial charge in [0.05, 0.1) is 5.56 Å². The Labute approximate surface area is 193 Å². The van der Waals surface area contributed by atoms with E-state index in [0.717, 1.165) is 54.9 Å². The van der Waals surface area contributed by atoms with Crippen molar-refractivity contribution in [3.63, 3.8) is 0 Å². The van der Waals surface area contributed by atoms with Crippen molar-refractivity contribution >= 4 is 38.9 Å². The largest absolute Gasteiger partial charge is 0.339 e. The number of sulfonamides is 1. The molecule has 2 fully saturated rings. The second-order valence-electron chi connectivity index (χ2n) is 8.54. The first-order valence-corrected chi connectivity index (χ1v) is 13.4. The molecule has 1 aromatic carbocycles. The first-order chi connectivity index (χ1) is 15.3. The van der Waals surface area contributed by atoms with E-state index < -0.39 is 10.0 Å². The number of piperidine rings is 2. The standard InChI is InChI=1S/C23H29N3O4S2/c1-17-6-5-7-20(14-17)24-22(27)18-8-12-26(13-9-18)32(29,30)21-15-19(16-31-21)23(28)25-10-3-2-4-11-25/h5-7,14-16,18H,2-4,8-13H2,1H3,(H,24,27). The van der Waals surface area contributed by atoms with Crippen LogP contribution in [0.2, 0.25) is 0 Å². The molecule has 7 nitrogen and oxygen atoms in total. The summed E-state index contributed by atoms with van der Waals surface area (Å²) in [6.07, 6.45) is 4.07. The molecule has 172 valence electrons. The molecule has 1 aromatic heterocycles. The van der Waals surface area contributed by atoms with Crippen molar-refractivity contribution in [2.75, 3.05) is 31.5 Å². The Morgan fingerprint density at radius 2 is 1.75 bits per heavy atom. The van der Waals surface area contributed by atoms with Crippen LogP contribution in [0.25, 0.3) is 0 Å². The summed E-state index contributed by atoms with van der Waals surface area (Å²) in [7, 11) is -3.67. The number of carbonyl (C=O) groups excluding carboxylic acids is 2. The van der Waals surface area contributed by atoms with E-state index in [1.807, 2.05) is 31.2 Å². The van der Waals surface area contributed by atoms with Crippen LogP contribution in [0, 0.1) is 12.8 Å². The lowest BCUT2D eigenvalue weighted by Crippen LogP contribution is -2.41. The van der Waals surface area contributed by atoms with Gasteiger partial charge in [0, 0.05) is 43.2 Å². The van der Waals surface area contributed by atoms with E-state index in [2.05, 4.69) is 5.32 Å². The second-order valence-corrected chi connectivity index (χ2v) is 11.6. The van der Waals surface area contributed by atoms with Gasteiger partial charge in [-0.25, -0.2) is 8.42 Å². The first-order valence-electron chi connectivity index (χ1n) is 11.1. The number of nitrogens with one attached hydrogen (secondary N) is 1. The van der Waals surface area contributed by atoms with E-state index in [-0.39, 0.29) is 21.9 Å². The SMILES string of the molecule is Cc1cccc(NC(=O)C2CCN(S(=O)(=O)c3cc(C(=O)N4CCCCC4)cs3)CC2)c1. The zero-order chi connectivity index (χ0) is 22.7. The molecule has 2 amide bonds. The van der Waals surface area contributed by atoms with E-state index in [4.69, 9.17) is 0 Å². The van der Waals surface area contributed by atoms with Crippen LogP contribution in [-0.2, 0) is 14.8 Å². The Kier molecular flexibility index (Phi) is 6.97. The van der Waals surface area contributed by atoms with E-state index >= 15 is 0 Å². The molecule has 4 rings (SSSR count). The first kappa shape index (κ1) is 22.9. The van der Waals surface area contributed by atoms with Crippen LogP contribution in [0.1, 0.15) is 48.0 Å². The Morgan fingerprint density at radius 3 is 2.44 bits per heavy atom. The summed E-state index contributed by atoms with van der Waals surface area (Å²) >= 11 is 1.10. The molecule has 2 aliphatic rings. The summed E-state index contributed by atoms with van der Waals surface area (Å²) in [6.45, 7) is 4.02. The fraction of sp³-hybridized carbons (Fsp3) is 0.478. The molecule has 2 aliphatic heterocycles. The van der Waals surface area contributed by atoms with Crippen LogP contribution >= 0.6 is 11.3 Å². The molecular weight excluding hydrogens is 446 g/mol. The quantitative estimate of drug-likeness (QED) is 0.714. The number of rotatable bonds is 5. The summed E-state index contributed by atoms with van der Waals surface area (Å²) in [5.41, 5.74) is 2.27. The van der Waals surface area contributed by atoms with Gasteiger partial charge < -0.3 is 10.2 Å². The van der Waals surface area contributed by atoms with Gasteiger partial charge in [-0.3, -0.25) is 9.59 Å². The van der Waals surface area contributed by atoms with Gasteiger partial charge in [-0.15, -0.1) is 11.3 Å². The van der Waals surface area contributed by atoms with Crippen molar-refractivity contribution in [1.29, 1.82) is 0 Å². The third-order valence-electron chi connectivity index (χ3n) is 6.17. The molecule has 2 aromatic rings. The van der Waals surface area contributed by atoms with Crippen LogP contribution in [0.15, 0.2) is 39.9 Å². The highest BCUT2D eigenvalue weighted by molar-refractivity contribution is 7.91. The number of aryl methyl sites for hydroxylation is 1. The minimum Gasteiger partial charge on any atom is -0.339 e. The fourth-order valence-corrected chi connectivity index (χ4v) is 7.07. The summed E-state index contributed by atoms with van der Waals surface area (Å²) in [4.78, 5) is 27.1. The highest BCUT2D eigenvalue weighted by Crippen LogP contribution is 2.29. The molecule has 0 spiro atoms. The normalized spacial score (nSPS) is 18.5. The number of nitrogens with zero attached hydrogens (tertiary/aromatic N) is 2. The smallest absolute Gasteiger partial charge is 0.254 e. The van der Waals surface area contributed by atoms with Gasteiger partial charge in [-0.1, -0.05) is 12.1 Å². The minimum atomic E-state index is -3.67. The number of hydrogen-bond acceptors (Lipinski definition) is 5. The molecule has 0 unspecified atom stereocenters. The maximum Gasteiger partial charge on any atom is 0.254 e. The van der Waals surface area contributed by atoms with Gasteiger partial charge >= 0.3 is 0 Å². The summed E-state index contributed by atoms with van der Waals surface area (Å²) in [5, 5.41) is 4.58. The van der Waals surface area contributed by atoms with Crippen molar-refractivity contribution in [3.8, 4) is 0 Å². The maximum atomic E-state index is 13.1. The van der Waals surface area contributed by atoms with Gasteiger partial charge in [-0.05, 0) is 62.8 Å². The number of amides is 2. The Hall–Kier alpha value is -2.23. The molecule has 0 radical (unpaired) electrons. The average Bonchev–Trinajstić information content (AvgIpc) is 3.30. The zero-order valence-corrected chi connectivity index (χ0v) is 19.9. The van der Waals surface area contributed by atoms with Crippen molar-refractivity contribution in [1.82, 2.24) is 9.21 Å². The van der Waals surface area contributed by atoms with Gasteiger partial charge in [0.15, 0.2) is 0 Å². The molecule has 0 bridgehead atoms. The molecule has 0 atom stereocenters. The van der Waals surface area contributed by atoms with Crippen molar-refractivity contribution in [3.05, 3.63) is 46.8 Å². The monoisotopic (exact) mass is 475 g/mol. The van der Waals surface area contributed by atoms with Crippen molar-refractivity contribution in [2.45, 2.75) is 43.2 Å². The third kappa shape index (κ3) is 5.05. The summed E-state index contributed by atoms with van der Waals surface area (Å²) in [6, 6.07) is 9.13. The Bertz CT molecular complexity index is 1080. The highest BCUT2D eigenvalue weighted by Gasteiger charge is 2.33. The Balaban J connectivity index is 1.36. The number of anilines is 1. The van der Waals surface area contributed by atoms with Crippen LogP contribution in [0.4, 0.5) is 5.69 Å². The third-order valence-corrected chi connectivity index (χ3v) is 9.48. The number of carbonyl (C=O) groups is 2. The molecule has 0 aliphatic carbocycles. The van der Waals surface area contributed by atoms with E-state index in [9.17, 15) is 18.0 Å². The predicted molar refractivity (Wildman–Crippen MR) is 125 cm³/mol. The fourth-order valence-electron chi connectivity index (χ4n) is 4.30. The van der Waals surface area contributed by atoms with Crippen LogP contribution in [0.5, 0.6) is 0 Å². The van der Waals surface area contributed by atoms with E-state index in [1.54, 1.807) is 10.3 Å².